The SMILES string of the molecule is CCOC(CCN1CC(C)(C)OC(C)(C)C1)C(=O)O. The van der Waals surface area contributed by atoms with Crippen LogP contribution < -0.4 is 0 Å². The molecule has 5 nitrogen and oxygen atoms in total. The minimum absolute atomic E-state index is 0.202. The van der Waals surface area contributed by atoms with Crippen LogP contribution in [0.15, 0.2) is 0 Å². The normalized spacial score (nSPS) is 24.1. The highest BCUT2D eigenvalue weighted by molar-refractivity contribution is 5.72. The van der Waals surface area contributed by atoms with Crippen molar-refractivity contribution in [2.45, 2.75) is 58.3 Å². The molecule has 1 rings (SSSR count). The Hall–Kier alpha value is -0.650. The first-order chi connectivity index (χ1) is 8.65. The van der Waals surface area contributed by atoms with Crippen molar-refractivity contribution in [3.05, 3.63) is 0 Å². The third kappa shape index (κ3) is 5.47. The Morgan fingerprint density at radius 1 is 1.32 bits per heavy atom. The Bertz CT molecular complexity index is 299. The van der Waals surface area contributed by atoms with Gasteiger partial charge in [-0.15, -0.1) is 0 Å². The summed E-state index contributed by atoms with van der Waals surface area (Å²) in [7, 11) is 0. The summed E-state index contributed by atoms with van der Waals surface area (Å²) in [6, 6.07) is 0. The molecule has 1 aliphatic rings. The van der Waals surface area contributed by atoms with Gasteiger partial charge in [-0.2, -0.15) is 0 Å². The number of hydrogen-bond acceptors (Lipinski definition) is 4. The van der Waals surface area contributed by atoms with Gasteiger partial charge in [0, 0.05) is 26.2 Å². The topological polar surface area (TPSA) is 59.0 Å². The van der Waals surface area contributed by atoms with Gasteiger partial charge < -0.3 is 14.6 Å². The molecule has 1 saturated heterocycles. The summed E-state index contributed by atoms with van der Waals surface area (Å²) in [6.45, 7) is 12.9. The number of carboxylic acid groups (broad SMARTS) is 1. The molecule has 0 aliphatic carbocycles. The first kappa shape index (κ1) is 16.4. The van der Waals surface area contributed by atoms with Crippen molar-refractivity contribution in [1.29, 1.82) is 0 Å². The predicted molar refractivity (Wildman–Crippen MR) is 73.3 cm³/mol. The average molecular weight is 273 g/mol. The lowest BCUT2D eigenvalue weighted by molar-refractivity contribution is -0.181. The van der Waals surface area contributed by atoms with E-state index in [0.717, 1.165) is 13.1 Å². The number of nitrogens with zero attached hydrogens (tertiary/aromatic N) is 1. The second kappa shape index (κ2) is 6.20. The lowest BCUT2D eigenvalue weighted by Crippen LogP contribution is -2.57. The molecule has 0 saturated carbocycles. The van der Waals surface area contributed by atoms with Gasteiger partial charge in [-0.05, 0) is 41.0 Å². The quantitative estimate of drug-likeness (QED) is 0.799. The fourth-order valence-corrected chi connectivity index (χ4v) is 2.88. The standard InChI is InChI=1S/C14H27NO4/c1-6-18-11(12(16)17)7-8-15-9-13(2,3)19-14(4,5)10-15/h11H,6-10H2,1-5H3,(H,16,17). The highest BCUT2D eigenvalue weighted by atomic mass is 16.5. The zero-order chi connectivity index (χ0) is 14.7. The molecular formula is C14H27NO4. The molecule has 1 fully saturated rings. The third-order valence-corrected chi connectivity index (χ3v) is 3.11. The first-order valence-corrected chi connectivity index (χ1v) is 6.92. The largest absolute Gasteiger partial charge is 0.479 e. The molecule has 0 aromatic rings. The van der Waals surface area contributed by atoms with Gasteiger partial charge in [0.15, 0.2) is 6.10 Å². The molecule has 0 spiro atoms. The summed E-state index contributed by atoms with van der Waals surface area (Å²) >= 11 is 0. The maximum Gasteiger partial charge on any atom is 0.332 e. The van der Waals surface area contributed by atoms with Gasteiger partial charge >= 0.3 is 5.97 Å². The molecule has 0 aromatic heterocycles. The average Bonchev–Trinajstić information content (AvgIpc) is 2.19. The highest BCUT2D eigenvalue weighted by Gasteiger charge is 2.38. The summed E-state index contributed by atoms with van der Waals surface area (Å²) in [6.07, 6.45) is -0.200. The Morgan fingerprint density at radius 2 is 1.84 bits per heavy atom. The second-order valence-corrected chi connectivity index (χ2v) is 6.40. The number of ether oxygens (including phenoxy) is 2. The van der Waals surface area contributed by atoms with Crippen molar-refractivity contribution in [3.8, 4) is 0 Å². The van der Waals surface area contributed by atoms with Crippen LogP contribution in [0.5, 0.6) is 0 Å². The molecule has 112 valence electrons. The zero-order valence-corrected chi connectivity index (χ0v) is 12.7. The summed E-state index contributed by atoms with van der Waals surface area (Å²) in [5, 5.41) is 9.07. The molecule has 1 unspecified atom stereocenters. The van der Waals surface area contributed by atoms with Crippen LogP contribution in [-0.4, -0.2) is 59.5 Å². The number of carboxylic acids is 1. The van der Waals surface area contributed by atoms with Crippen LogP contribution in [0.4, 0.5) is 0 Å². The Labute approximate surface area is 115 Å². The lowest BCUT2D eigenvalue weighted by atomic mass is 9.98. The molecule has 1 heterocycles. The fraction of sp³-hybridized carbons (Fsp3) is 0.929. The van der Waals surface area contributed by atoms with Crippen LogP contribution in [0.2, 0.25) is 0 Å². The summed E-state index contributed by atoms with van der Waals surface area (Å²) in [5.74, 6) is -0.881. The van der Waals surface area contributed by atoms with E-state index < -0.39 is 12.1 Å². The molecule has 1 atom stereocenters. The van der Waals surface area contributed by atoms with Crippen molar-refractivity contribution in [1.82, 2.24) is 4.90 Å². The second-order valence-electron chi connectivity index (χ2n) is 6.40. The molecule has 19 heavy (non-hydrogen) atoms. The van der Waals surface area contributed by atoms with E-state index in [-0.39, 0.29) is 11.2 Å². The van der Waals surface area contributed by atoms with E-state index in [4.69, 9.17) is 14.6 Å². The van der Waals surface area contributed by atoms with Crippen LogP contribution in [0, 0.1) is 0 Å². The van der Waals surface area contributed by atoms with E-state index >= 15 is 0 Å². The van der Waals surface area contributed by atoms with E-state index in [1.807, 2.05) is 6.92 Å². The Morgan fingerprint density at radius 3 is 2.26 bits per heavy atom. The first-order valence-electron chi connectivity index (χ1n) is 6.92. The van der Waals surface area contributed by atoms with Crippen LogP contribution in [-0.2, 0) is 14.3 Å². The highest BCUT2D eigenvalue weighted by Crippen LogP contribution is 2.28. The van der Waals surface area contributed by atoms with E-state index in [9.17, 15) is 4.79 Å². The van der Waals surface area contributed by atoms with Crippen molar-refractivity contribution < 1.29 is 19.4 Å². The van der Waals surface area contributed by atoms with E-state index in [2.05, 4.69) is 32.6 Å². The van der Waals surface area contributed by atoms with Crippen LogP contribution >= 0.6 is 0 Å². The van der Waals surface area contributed by atoms with Gasteiger partial charge in [0.25, 0.3) is 0 Å². The molecular weight excluding hydrogens is 246 g/mol. The summed E-state index contributed by atoms with van der Waals surface area (Å²) in [4.78, 5) is 13.3. The molecule has 1 aliphatic heterocycles. The number of rotatable bonds is 6. The van der Waals surface area contributed by atoms with Gasteiger partial charge in [0.2, 0.25) is 0 Å². The van der Waals surface area contributed by atoms with Gasteiger partial charge in [0.1, 0.15) is 0 Å². The molecule has 0 aromatic carbocycles. The zero-order valence-electron chi connectivity index (χ0n) is 12.7. The van der Waals surface area contributed by atoms with Gasteiger partial charge in [0.05, 0.1) is 11.2 Å². The van der Waals surface area contributed by atoms with E-state index in [1.165, 1.54) is 0 Å². The summed E-state index contributed by atoms with van der Waals surface area (Å²) < 4.78 is 11.2. The number of carbonyl (C=O) groups is 1. The molecule has 5 heteroatoms. The Kier molecular flexibility index (Phi) is 5.35. The monoisotopic (exact) mass is 273 g/mol. The number of morpholine rings is 1. The van der Waals surface area contributed by atoms with Gasteiger partial charge in [-0.3, -0.25) is 4.90 Å². The van der Waals surface area contributed by atoms with E-state index in [1.54, 1.807) is 0 Å². The van der Waals surface area contributed by atoms with Crippen LogP contribution in [0.3, 0.4) is 0 Å². The van der Waals surface area contributed by atoms with Gasteiger partial charge in [-0.25, -0.2) is 4.79 Å². The molecule has 0 radical (unpaired) electrons. The minimum Gasteiger partial charge on any atom is -0.479 e. The minimum atomic E-state index is -0.881. The van der Waals surface area contributed by atoms with E-state index in [0.29, 0.717) is 19.6 Å². The van der Waals surface area contributed by atoms with Crippen LogP contribution in [0.25, 0.3) is 0 Å². The van der Waals surface area contributed by atoms with Crippen molar-refractivity contribution >= 4 is 5.97 Å². The molecule has 0 amide bonds. The van der Waals surface area contributed by atoms with Gasteiger partial charge in [-0.1, -0.05) is 0 Å². The van der Waals surface area contributed by atoms with Crippen molar-refractivity contribution in [2.75, 3.05) is 26.2 Å². The molecule has 1 N–H and O–H groups in total. The maximum absolute atomic E-state index is 11.0. The maximum atomic E-state index is 11.0. The third-order valence-electron chi connectivity index (χ3n) is 3.11. The number of aliphatic carboxylic acids is 1. The predicted octanol–water partition coefficient (Wildman–Crippen LogP) is 1.76. The smallest absolute Gasteiger partial charge is 0.332 e. The number of hydrogen-bond donors (Lipinski definition) is 1. The van der Waals surface area contributed by atoms with Crippen LogP contribution in [0.1, 0.15) is 41.0 Å². The lowest BCUT2D eigenvalue weighted by Gasteiger charge is -2.47. The summed E-state index contributed by atoms with van der Waals surface area (Å²) in [5.41, 5.74) is -0.405. The van der Waals surface area contributed by atoms with Crippen molar-refractivity contribution in [3.63, 3.8) is 0 Å². The van der Waals surface area contributed by atoms with Crippen molar-refractivity contribution in [2.24, 2.45) is 0 Å². The molecule has 0 bridgehead atoms. The Balaban J connectivity index is 2.54. The fourth-order valence-electron chi connectivity index (χ4n) is 2.88.